The molecule has 2 aliphatic heterocycles. The minimum absolute atomic E-state index is 0.104. The molecule has 2 aliphatic carbocycles. The van der Waals surface area contributed by atoms with Crippen LogP contribution in [0, 0.1) is 17.3 Å². The molecule has 4 aromatic rings. The number of fused-ring (bicyclic) bond motifs is 1. The fourth-order valence-electron chi connectivity index (χ4n) is 10.2. The van der Waals surface area contributed by atoms with Gasteiger partial charge >= 0.3 is 12.2 Å². The number of hydrogen-bond acceptors (Lipinski definition) is 9. The van der Waals surface area contributed by atoms with E-state index in [4.69, 9.17) is 19.4 Å². The number of amides is 4. The zero-order chi connectivity index (χ0) is 42.3. The Morgan fingerprint density at radius 1 is 0.700 bits per heavy atom. The summed E-state index contributed by atoms with van der Waals surface area (Å²) in [5.74, 6) is 1.07. The highest BCUT2D eigenvalue weighted by atomic mass is 32.1. The maximum atomic E-state index is 13.8. The Morgan fingerprint density at radius 3 is 1.72 bits per heavy atom. The Bertz CT molecular complexity index is 2240. The average Bonchev–Trinajstić information content (AvgIpc) is 4.08. The van der Waals surface area contributed by atoms with Crippen LogP contribution in [0.5, 0.6) is 0 Å². The van der Waals surface area contributed by atoms with Crippen LogP contribution >= 0.6 is 11.3 Å². The molecule has 60 heavy (non-hydrogen) atoms. The van der Waals surface area contributed by atoms with Gasteiger partial charge in [0.25, 0.3) is 0 Å². The first-order valence-corrected chi connectivity index (χ1v) is 22.4. The number of aromatic nitrogens is 4. The molecular weight excluding hydrogens is 781 g/mol. The van der Waals surface area contributed by atoms with Crippen molar-refractivity contribution in [3.05, 3.63) is 59.4 Å². The van der Waals surface area contributed by atoms with E-state index in [0.717, 1.165) is 66.4 Å². The van der Waals surface area contributed by atoms with Crippen LogP contribution in [-0.2, 0) is 31.9 Å². The van der Waals surface area contributed by atoms with Gasteiger partial charge in [0.1, 0.15) is 23.7 Å². The second-order valence-corrected chi connectivity index (χ2v) is 18.9. The topological polar surface area (TPSA) is 175 Å². The average molecular weight is 839 g/mol. The number of aromatic amines is 2. The van der Waals surface area contributed by atoms with Crippen molar-refractivity contribution >= 4 is 35.3 Å². The number of alkyl carbamates (subject to hydrolysis) is 2. The second kappa shape index (κ2) is 17.1. The molecule has 0 radical (unpaired) electrons. The standard InChI is InChI=1S/C45H58N8O6S/c1-25(2)37(50-43(56)58-5)41(54)52-19-9-11-33(52)39-46-23-31(48-39)27-13-14-28(30-22-45(21-29(27)30)17-7-8-18-45)35-15-16-36(60-35)32-24-47-40(49-32)34-12-10-20-53(34)42(55)38(26(3)4)51-44(57)59-6/h13-16,23-26,33-34,37-38H,7-12,17-22H2,1-6H3,(H,46,48)(H,47,49)(H,50,56)(H,51,57)/t33-,34-,37-,38-/m0/s1. The SMILES string of the molecule is COC(=O)N[C@H](C(=O)N1CCC[C@H]1c1ncc(-c2ccc(-c3ccc(-c4cnc([C@@H]5CCCN5C(=O)[C@@H](NC(=O)OC)C(C)C)[nH]4)c4c3CC3(CCCC3)C4)s2)[nH]1)C(C)C. The molecule has 15 heteroatoms. The Labute approximate surface area is 355 Å². The number of benzene rings is 1. The maximum Gasteiger partial charge on any atom is 0.407 e. The normalized spacial score (nSPS) is 20.5. The molecule has 3 fully saturated rings. The molecule has 1 spiro atoms. The van der Waals surface area contributed by atoms with Gasteiger partial charge in [0.2, 0.25) is 11.8 Å². The molecule has 0 bridgehead atoms. The quantitative estimate of drug-likeness (QED) is 0.118. The van der Waals surface area contributed by atoms with Crippen LogP contribution in [0.3, 0.4) is 0 Å². The third-order valence-electron chi connectivity index (χ3n) is 13.3. The summed E-state index contributed by atoms with van der Waals surface area (Å²) in [6.07, 6.45) is 12.9. The van der Waals surface area contributed by atoms with E-state index >= 15 is 0 Å². The Morgan fingerprint density at radius 2 is 1.18 bits per heavy atom. The summed E-state index contributed by atoms with van der Waals surface area (Å²) in [5.41, 5.74) is 7.39. The van der Waals surface area contributed by atoms with Crippen molar-refractivity contribution in [3.8, 4) is 32.3 Å². The van der Waals surface area contributed by atoms with E-state index in [1.807, 2.05) is 49.9 Å². The molecule has 320 valence electrons. The molecule has 4 aliphatic rings. The van der Waals surface area contributed by atoms with Gasteiger partial charge in [0.05, 0.1) is 55.0 Å². The molecule has 4 N–H and O–H groups in total. The van der Waals surface area contributed by atoms with Crippen LogP contribution in [-0.4, -0.2) is 93.1 Å². The highest BCUT2D eigenvalue weighted by molar-refractivity contribution is 7.18. The van der Waals surface area contributed by atoms with Gasteiger partial charge in [-0.2, -0.15) is 0 Å². The summed E-state index contributed by atoms with van der Waals surface area (Å²) in [6, 6.07) is 7.10. The molecule has 4 amide bonds. The van der Waals surface area contributed by atoms with Crippen LogP contribution in [0.4, 0.5) is 9.59 Å². The van der Waals surface area contributed by atoms with E-state index < -0.39 is 24.3 Å². The molecule has 3 aromatic heterocycles. The number of ether oxygens (including phenoxy) is 2. The number of likely N-dealkylation sites (tertiary alicyclic amines) is 2. The molecule has 8 rings (SSSR count). The highest BCUT2D eigenvalue weighted by Gasteiger charge is 2.43. The van der Waals surface area contributed by atoms with E-state index in [1.165, 1.54) is 67.0 Å². The molecular formula is C45H58N8O6S. The summed E-state index contributed by atoms with van der Waals surface area (Å²) in [6.45, 7) is 8.89. The van der Waals surface area contributed by atoms with Gasteiger partial charge in [-0.3, -0.25) is 9.59 Å². The van der Waals surface area contributed by atoms with Gasteiger partial charge in [-0.05, 0) is 97.4 Å². The third kappa shape index (κ3) is 7.92. The van der Waals surface area contributed by atoms with Gasteiger partial charge in [0, 0.05) is 23.5 Å². The van der Waals surface area contributed by atoms with Crippen molar-refractivity contribution in [1.29, 1.82) is 0 Å². The summed E-state index contributed by atoms with van der Waals surface area (Å²) in [5, 5.41) is 5.47. The summed E-state index contributed by atoms with van der Waals surface area (Å²) in [7, 11) is 2.61. The Kier molecular flexibility index (Phi) is 11.8. The van der Waals surface area contributed by atoms with E-state index in [0.29, 0.717) is 13.1 Å². The summed E-state index contributed by atoms with van der Waals surface area (Å²) in [4.78, 5) is 74.6. The first-order valence-electron chi connectivity index (χ1n) is 21.6. The molecule has 1 aromatic carbocycles. The summed E-state index contributed by atoms with van der Waals surface area (Å²) >= 11 is 1.75. The smallest absolute Gasteiger partial charge is 0.407 e. The predicted molar refractivity (Wildman–Crippen MR) is 229 cm³/mol. The van der Waals surface area contributed by atoms with Crippen molar-refractivity contribution in [2.24, 2.45) is 17.3 Å². The monoisotopic (exact) mass is 838 g/mol. The number of nitrogens with zero attached hydrogens (tertiary/aromatic N) is 4. The largest absolute Gasteiger partial charge is 0.453 e. The van der Waals surface area contributed by atoms with Crippen LogP contribution in [0.15, 0.2) is 36.7 Å². The molecule has 4 atom stereocenters. The maximum absolute atomic E-state index is 13.8. The first kappa shape index (κ1) is 41.5. The minimum Gasteiger partial charge on any atom is -0.453 e. The van der Waals surface area contributed by atoms with Crippen LogP contribution in [0.2, 0.25) is 0 Å². The number of nitrogens with one attached hydrogen (secondary N) is 4. The summed E-state index contributed by atoms with van der Waals surface area (Å²) < 4.78 is 9.62. The number of thiophene rings is 1. The van der Waals surface area contributed by atoms with Crippen molar-refractivity contribution in [2.45, 2.75) is 116 Å². The fraction of sp³-hybridized carbons (Fsp3) is 0.556. The van der Waals surface area contributed by atoms with Crippen LogP contribution in [0.1, 0.15) is 114 Å². The van der Waals surface area contributed by atoms with Crippen molar-refractivity contribution in [3.63, 3.8) is 0 Å². The molecule has 2 saturated heterocycles. The van der Waals surface area contributed by atoms with Gasteiger partial charge in [-0.25, -0.2) is 19.6 Å². The van der Waals surface area contributed by atoms with E-state index in [9.17, 15) is 19.2 Å². The number of carbonyl (C=O) groups excluding carboxylic acids is 4. The molecule has 0 unspecified atom stereocenters. The van der Waals surface area contributed by atoms with Gasteiger partial charge in [-0.1, -0.05) is 52.7 Å². The fourth-order valence-corrected chi connectivity index (χ4v) is 11.2. The van der Waals surface area contributed by atoms with Crippen molar-refractivity contribution in [1.82, 2.24) is 40.4 Å². The Hall–Kier alpha value is -5.18. The zero-order valence-corrected chi connectivity index (χ0v) is 36.4. The lowest BCUT2D eigenvalue weighted by molar-refractivity contribution is -0.136. The number of H-pyrrole nitrogens is 2. The number of methoxy groups -OCH3 is 2. The lowest BCUT2D eigenvalue weighted by Gasteiger charge is -2.30. The number of carbonyl (C=O) groups is 4. The number of rotatable bonds is 11. The van der Waals surface area contributed by atoms with Crippen LogP contribution < -0.4 is 10.6 Å². The third-order valence-corrected chi connectivity index (χ3v) is 14.5. The highest BCUT2D eigenvalue weighted by Crippen LogP contribution is 2.53. The zero-order valence-electron chi connectivity index (χ0n) is 35.6. The Balaban J connectivity index is 1.04. The minimum atomic E-state index is -0.687. The van der Waals surface area contributed by atoms with Crippen LogP contribution in [0.25, 0.3) is 32.3 Å². The molecule has 5 heterocycles. The number of imidazole rings is 2. The lowest BCUT2D eigenvalue weighted by Crippen LogP contribution is -2.51. The molecule has 1 saturated carbocycles. The van der Waals surface area contributed by atoms with Gasteiger partial charge < -0.3 is 39.9 Å². The van der Waals surface area contributed by atoms with E-state index in [2.05, 4.69) is 44.9 Å². The first-order chi connectivity index (χ1) is 28.9. The van der Waals surface area contributed by atoms with Gasteiger partial charge in [0.15, 0.2) is 0 Å². The number of hydrogen-bond donors (Lipinski definition) is 4. The predicted octanol–water partition coefficient (Wildman–Crippen LogP) is 7.94. The van der Waals surface area contributed by atoms with E-state index in [1.54, 1.807) is 11.3 Å². The second-order valence-electron chi connectivity index (χ2n) is 17.8. The van der Waals surface area contributed by atoms with E-state index in [-0.39, 0.29) is 41.1 Å². The van der Waals surface area contributed by atoms with Gasteiger partial charge in [-0.15, -0.1) is 11.3 Å². The molecule has 14 nitrogen and oxygen atoms in total. The van der Waals surface area contributed by atoms with Crippen molar-refractivity contribution < 1.29 is 28.7 Å². The lowest BCUT2D eigenvalue weighted by atomic mass is 9.83. The van der Waals surface area contributed by atoms with Crippen molar-refractivity contribution in [2.75, 3.05) is 27.3 Å².